The molecule has 1 heterocycles. The molecule has 1 aliphatic heterocycles. The molecule has 1 fully saturated rings. The predicted molar refractivity (Wildman–Crippen MR) is 67.5 cm³/mol. The van der Waals surface area contributed by atoms with Crippen LogP contribution in [0.15, 0.2) is 0 Å². The van der Waals surface area contributed by atoms with E-state index in [0.717, 1.165) is 32.0 Å². The molecule has 1 atom stereocenters. The van der Waals surface area contributed by atoms with E-state index in [-0.39, 0.29) is 18.6 Å². The van der Waals surface area contributed by atoms with Gasteiger partial charge in [0.25, 0.3) is 0 Å². The minimum absolute atomic E-state index is 0.0455. The van der Waals surface area contributed by atoms with Gasteiger partial charge in [0.05, 0.1) is 13.2 Å². The first kappa shape index (κ1) is 15.6. The summed E-state index contributed by atoms with van der Waals surface area (Å²) in [4.78, 5) is 35.0. The van der Waals surface area contributed by atoms with Gasteiger partial charge in [-0.1, -0.05) is 0 Å². The van der Waals surface area contributed by atoms with Crippen LogP contribution in [0, 0.1) is 0 Å². The summed E-state index contributed by atoms with van der Waals surface area (Å²) in [6, 6.07) is -0.266. The third-order valence-electron chi connectivity index (χ3n) is 3.15. The monoisotopic (exact) mass is 271 g/mol. The minimum Gasteiger partial charge on any atom is -0.467 e. The number of ether oxygens (including phenoxy) is 2. The number of nitrogens with zero attached hydrogens (tertiary/aromatic N) is 1. The number of likely N-dealkylation sites (tertiary alicyclic amines) is 1. The summed E-state index contributed by atoms with van der Waals surface area (Å²) >= 11 is 0. The summed E-state index contributed by atoms with van der Waals surface area (Å²) in [6.45, 7) is 0.975. The summed E-state index contributed by atoms with van der Waals surface area (Å²) in [7, 11) is 1.31. The first-order valence-electron chi connectivity index (χ1n) is 6.58. The maximum Gasteiger partial charge on any atom is 0.331 e. The summed E-state index contributed by atoms with van der Waals surface area (Å²) < 4.78 is 9.55. The Hall–Kier alpha value is -1.43. The van der Waals surface area contributed by atoms with Crippen LogP contribution in [0.4, 0.5) is 0 Å². The molecule has 1 rings (SSSR count). The Bertz CT molecular complexity index is 318. The minimum atomic E-state index is -0.396. The second kappa shape index (κ2) is 8.63. The van der Waals surface area contributed by atoms with Crippen LogP contribution in [0.1, 0.15) is 32.1 Å². The van der Waals surface area contributed by atoms with E-state index in [0.29, 0.717) is 19.6 Å². The molecule has 0 saturated carbocycles. The quantitative estimate of drug-likeness (QED) is 0.366. The summed E-state index contributed by atoms with van der Waals surface area (Å²) in [5, 5.41) is 0. The second-order valence-corrected chi connectivity index (χ2v) is 4.52. The van der Waals surface area contributed by atoms with E-state index in [2.05, 4.69) is 4.74 Å². The SMILES string of the molecule is COC(=O)COCCCCN1C(=O)CCCC1C=O. The van der Waals surface area contributed by atoms with E-state index in [1.54, 1.807) is 4.90 Å². The van der Waals surface area contributed by atoms with Crippen LogP contribution in [-0.4, -0.2) is 56.0 Å². The number of unbranched alkanes of at least 4 members (excludes halogenated alkanes) is 1. The Kier molecular flexibility index (Phi) is 7.10. The molecule has 0 N–H and O–H groups in total. The second-order valence-electron chi connectivity index (χ2n) is 4.52. The van der Waals surface area contributed by atoms with Gasteiger partial charge in [-0.2, -0.15) is 0 Å². The number of esters is 1. The standard InChI is InChI=1S/C13H21NO5/c1-18-13(17)10-19-8-3-2-7-14-11(9-15)5-4-6-12(14)16/h9,11H,2-8,10H2,1H3. The number of piperidine rings is 1. The molecule has 1 amide bonds. The van der Waals surface area contributed by atoms with Gasteiger partial charge in [0, 0.05) is 19.6 Å². The number of carbonyl (C=O) groups is 3. The van der Waals surface area contributed by atoms with Crippen molar-refractivity contribution in [3.8, 4) is 0 Å². The maximum atomic E-state index is 11.7. The van der Waals surface area contributed by atoms with Crippen LogP contribution in [0.2, 0.25) is 0 Å². The van der Waals surface area contributed by atoms with Crippen molar-refractivity contribution in [1.82, 2.24) is 4.90 Å². The lowest BCUT2D eigenvalue weighted by atomic mass is 10.0. The number of hydrogen-bond acceptors (Lipinski definition) is 5. The highest BCUT2D eigenvalue weighted by molar-refractivity contribution is 5.81. The molecule has 0 aromatic rings. The van der Waals surface area contributed by atoms with Gasteiger partial charge in [0.2, 0.25) is 5.91 Å². The highest BCUT2D eigenvalue weighted by Gasteiger charge is 2.26. The molecule has 1 aliphatic rings. The smallest absolute Gasteiger partial charge is 0.331 e. The van der Waals surface area contributed by atoms with E-state index in [1.165, 1.54) is 7.11 Å². The van der Waals surface area contributed by atoms with Crippen LogP contribution in [0.3, 0.4) is 0 Å². The van der Waals surface area contributed by atoms with Crippen molar-refractivity contribution in [3.63, 3.8) is 0 Å². The zero-order valence-electron chi connectivity index (χ0n) is 11.3. The highest BCUT2D eigenvalue weighted by Crippen LogP contribution is 2.17. The van der Waals surface area contributed by atoms with Gasteiger partial charge in [-0.25, -0.2) is 4.79 Å². The van der Waals surface area contributed by atoms with Gasteiger partial charge in [-0.3, -0.25) is 4.79 Å². The largest absolute Gasteiger partial charge is 0.467 e. The van der Waals surface area contributed by atoms with Crippen molar-refractivity contribution in [2.24, 2.45) is 0 Å². The molecule has 0 spiro atoms. The first-order chi connectivity index (χ1) is 9.19. The lowest BCUT2D eigenvalue weighted by Gasteiger charge is -2.32. The highest BCUT2D eigenvalue weighted by atomic mass is 16.6. The Morgan fingerprint density at radius 3 is 2.95 bits per heavy atom. The molecule has 0 aromatic heterocycles. The van der Waals surface area contributed by atoms with E-state index >= 15 is 0 Å². The Balaban J connectivity index is 2.15. The van der Waals surface area contributed by atoms with Crippen LogP contribution >= 0.6 is 0 Å². The van der Waals surface area contributed by atoms with Crippen molar-refractivity contribution in [2.45, 2.75) is 38.1 Å². The summed E-state index contributed by atoms with van der Waals surface area (Å²) in [5.74, 6) is -0.342. The fraction of sp³-hybridized carbons (Fsp3) is 0.769. The average molecular weight is 271 g/mol. The number of amides is 1. The molecule has 0 aliphatic carbocycles. The Morgan fingerprint density at radius 2 is 2.26 bits per heavy atom. The molecule has 1 saturated heterocycles. The van der Waals surface area contributed by atoms with E-state index < -0.39 is 5.97 Å². The Labute approximate surface area is 113 Å². The van der Waals surface area contributed by atoms with Crippen LogP contribution in [0.25, 0.3) is 0 Å². The molecule has 0 radical (unpaired) electrons. The number of hydrogen-bond donors (Lipinski definition) is 0. The summed E-state index contributed by atoms with van der Waals surface area (Å²) in [5.41, 5.74) is 0. The zero-order chi connectivity index (χ0) is 14.1. The maximum absolute atomic E-state index is 11.7. The lowest BCUT2D eigenvalue weighted by molar-refractivity contribution is -0.145. The van der Waals surface area contributed by atoms with Crippen molar-refractivity contribution in [2.75, 3.05) is 26.9 Å². The fourth-order valence-corrected chi connectivity index (χ4v) is 2.08. The molecule has 108 valence electrons. The molecular formula is C13H21NO5. The van der Waals surface area contributed by atoms with Gasteiger partial charge in [0.1, 0.15) is 12.9 Å². The topological polar surface area (TPSA) is 72.9 Å². The normalized spacial score (nSPS) is 19.3. The van der Waals surface area contributed by atoms with Crippen molar-refractivity contribution < 1.29 is 23.9 Å². The van der Waals surface area contributed by atoms with Crippen LogP contribution in [0.5, 0.6) is 0 Å². The summed E-state index contributed by atoms with van der Waals surface area (Å²) in [6.07, 6.45) is 4.44. The number of aldehydes is 1. The first-order valence-corrected chi connectivity index (χ1v) is 6.58. The van der Waals surface area contributed by atoms with Crippen LogP contribution in [-0.2, 0) is 23.9 Å². The van der Waals surface area contributed by atoms with Gasteiger partial charge in [0.15, 0.2) is 0 Å². The lowest BCUT2D eigenvalue weighted by Crippen LogP contribution is -2.45. The van der Waals surface area contributed by atoms with E-state index in [4.69, 9.17) is 4.74 Å². The van der Waals surface area contributed by atoms with Gasteiger partial charge >= 0.3 is 5.97 Å². The molecular weight excluding hydrogens is 250 g/mol. The van der Waals surface area contributed by atoms with E-state index in [1.807, 2.05) is 0 Å². The number of rotatable bonds is 8. The molecule has 6 nitrogen and oxygen atoms in total. The molecule has 19 heavy (non-hydrogen) atoms. The molecule has 6 heteroatoms. The van der Waals surface area contributed by atoms with Crippen molar-refractivity contribution in [3.05, 3.63) is 0 Å². The van der Waals surface area contributed by atoms with Gasteiger partial charge < -0.3 is 19.2 Å². The third kappa shape index (κ3) is 5.38. The van der Waals surface area contributed by atoms with Gasteiger partial charge in [-0.05, 0) is 25.7 Å². The molecule has 1 unspecified atom stereocenters. The van der Waals surface area contributed by atoms with Gasteiger partial charge in [-0.15, -0.1) is 0 Å². The van der Waals surface area contributed by atoms with Crippen molar-refractivity contribution >= 4 is 18.2 Å². The Morgan fingerprint density at radius 1 is 1.47 bits per heavy atom. The fourth-order valence-electron chi connectivity index (χ4n) is 2.08. The predicted octanol–water partition coefficient (Wildman–Crippen LogP) is 0.536. The molecule has 0 aromatic carbocycles. The number of carbonyl (C=O) groups excluding carboxylic acids is 3. The van der Waals surface area contributed by atoms with Crippen molar-refractivity contribution in [1.29, 1.82) is 0 Å². The molecule has 0 bridgehead atoms. The third-order valence-corrected chi connectivity index (χ3v) is 3.15. The zero-order valence-corrected chi connectivity index (χ0v) is 11.3. The van der Waals surface area contributed by atoms with E-state index in [9.17, 15) is 14.4 Å². The number of methoxy groups -OCH3 is 1. The van der Waals surface area contributed by atoms with Crippen LogP contribution < -0.4 is 0 Å². The average Bonchev–Trinajstić information content (AvgIpc) is 2.43.